The number of carbonyl (C=O) groups excluding carboxylic acids is 1. The molecule has 0 saturated heterocycles. The van der Waals surface area contributed by atoms with Crippen molar-refractivity contribution in [3.8, 4) is 0 Å². The van der Waals surface area contributed by atoms with Gasteiger partial charge >= 0.3 is 0 Å². The molecule has 1 atom stereocenters. The van der Waals surface area contributed by atoms with E-state index in [2.05, 4.69) is 29.5 Å². The molecular formula is C20H26N4O2. The van der Waals surface area contributed by atoms with Crippen molar-refractivity contribution >= 4 is 22.4 Å². The summed E-state index contributed by atoms with van der Waals surface area (Å²) in [7, 11) is 0. The number of unbranched alkanes of at least 4 members (excludes halogenated alkanes) is 1. The Labute approximate surface area is 153 Å². The number of carbonyl (C=O) groups is 1. The van der Waals surface area contributed by atoms with E-state index in [4.69, 9.17) is 0 Å². The number of rotatable bonds is 5. The van der Waals surface area contributed by atoms with Crippen molar-refractivity contribution in [1.82, 2.24) is 15.2 Å². The van der Waals surface area contributed by atoms with Gasteiger partial charge in [0, 0.05) is 17.6 Å². The van der Waals surface area contributed by atoms with E-state index in [1.165, 1.54) is 11.1 Å². The number of nitrogens with one attached hydrogen (secondary N) is 1. The summed E-state index contributed by atoms with van der Waals surface area (Å²) in [6.07, 6.45) is 5.96. The smallest absolute Gasteiger partial charge is 0.267 e. The van der Waals surface area contributed by atoms with Crippen LogP contribution in [0, 0.1) is 5.92 Å². The van der Waals surface area contributed by atoms with Crippen LogP contribution < -0.4 is 11.0 Å². The Morgan fingerprint density at radius 2 is 2.12 bits per heavy atom. The standard InChI is InChI=1S/C20H26N4O2/c1-3-4-12-24-20(26)17-11-6-5-10-16(17)18(23-24)19(25)22-21-15-9-7-8-14(2)13-15/h5-6,10-11,14H,3-4,7-9,12-13H2,1-2H3,(H,22,25)/b21-15-/t14-/m1/s1. The van der Waals surface area contributed by atoms with Crippen molar-refractivity contribution in [3.63, 3.8) is 0 Å². The highest BCUT2D eigenvalue weighted by atomic mass is 16.2. The summed E-state index contributed by atoms with van der Waals surface area (Å²) >= 11 is 0. The average molecular weight is 354 g/mol. The summed E-state index contributed by atoms with van der Waals surface area (Å²) in [6, 6.07) is 7.12. The molecule has 0 aliphatic heterocycles. The maximum Gasteiger partial charge on any atom is 0.292 e. The van der Waals surface area contributed by atoms with Crippen LogP contribution in [0.25, 0.3) is 10.8 Å². The highest BCUT2D eigenvalue weighted by Gasteiger charge is 2.18. The molecule has 1 saturated carbocycles. The SMILES string of the molecule is CCCCn1nc(C(=O)N/N=C2/CCC[C@@H](C)C2)c2ccccc2c1=O. The third-order valence-corrected chi connectivity index (χ3v) is 4.87. The monoisotopic (exact) mass is 354 g/mol. The second kappa shape index (κ2) is 8.25. The fraction of sp³-hybridized carbons (Fsp3) is 0.500. The Hall–Kier alpha value is -2.50. The molecule has 1 heterocycles. The predicted octanol–water partition coefficient (Wildman–Crippen LogP) is 3.49. The van der Waals surface area contributed by atoms with Crippen LogP contribution in [-0.2, 0) is 6.54 Å². The van der Waals surface area contributed by atoms with Gasteiger partial charge < -0.3 is 0 Å². The Morgan fingerprint density at radius 3 is 2.85 bits per heavy atom. The number of hydrogen-bond acceptors (Lipinski definition) is 4. The number of amides is 1. The van der Waals surface area contributed by atoms with Gasteiger partial charge in [0.25, 0.3) is 11.5 Å². The van der Waals surface area contributed by atoms with E-state index < -0.39 is 0 Å². The lowest BCUT2D eigenvalue weighted by molar-refractivity contribution is 0.0949. The molecule has 1 fully saturated rings. The van der Waals surface area contributed by atoms with E-state index in [0.717, 1.165) is 37.8 Å². The summed E-state index contributed by atoms with van der Waals surface area (Å²) in [5, 5.41) is 9.75. The van der Waals surface area contributed by atoms with E-state index in [9.17, 15) is 9.59 Å². The first-order valence-electron chi connectivity index (χ1n) is 9.45. The van der Waals surface area contributed by atoms with Gasteiger partial charge in [-0.2, -0.15) is 10.2 Å². The van der Waals surface area contributed by atoms with Crippen molar-refractivity contribution in [2.24, 2.45) is 11.0 Å². The lowest BCUT2D eigenvalue weighted by atomic mass is 9.89. The molecule has 1 aliphatic rings. The number of aryl methyl sites for hydroxylation is 1. The number of hydrazone groups is 1. The lowest BCUT2D eigenvalue weighted by Gasteiger charge is -2.19. The summed E-state index contributed by atoms with van der Waals surface area (Å²) in [5.74, 6) is 0.242. The fourth-order valence-electron chi connectivity index (χ4n) is 3.41. The third-order valence-electron chi connectivity index (χ3n) is 4.87. The van der Waals surface area contributed by atoms with Gasteiger partial charge in [0.15, 0.2) is 5.69 Å². The van der Waals surface area contributed by atoms with Crippen LogP contribution in [0.2, 0.25) is 0 Å². The molecule has 26 heavy (non-hydrogen) atoms. The highest BCUT2D eigenvalue weighted by molar-refractivity contribution is 6.05. The fourth-order valence-corrected chi connectivity index (χ4v) is 3.41. The van der Waals surface area contributed by atoms with Crippen molar-refractivity contribution in [3.05, 3.63) is 40.3 Å². The maximum absolute atomic E-state index is 12.7. The van der Waals surface area contributed by atoms with Gasteiger partial charge in [-0.15, -0.1) is 0 Å². The normalized spacial score (nSPS) is 19.0. The Bertz CT molecular complexity index is 885. The molecule has 0 bridgehead atoms. The molecule has 1 aromatic heterocycles. The van der Waals surface area contributed by atoms with Gasteiger partial charge in [0.2, 0.25) is 0 Å². The maximum atomic E-state index is 12.7. The number of fused-ring (bicyclic) bond motifs is 1. The molecule has 6 nitrogen and oxygen atoms in total. The molecular weight excluding hydrogens is 328 g/mol. The Kier molecular flexibility index (Phi) is 5.81. The van der Waals surface area contributed by atoms with Crippen LogP contribution in [0.3, 0.4) is 0 Å². The molecule has 6 heteroatoms. The van der Waals surface area contributed by atoms with Crippen LogP contribution in [-0.4, -0.2) is 21.4 Å². The topological polar surface area (TPSA) is 76.3 Å². The lowest BCUT2D eigenvalue weighted by Crippen LogP contribution is -2.29. The first-order valence-corrected chi connectivity index (χ1v) is 9.45. The van der Waals surface area contributed by atoms with Crippen LogP contribution in [0.4, 0.5) is 0 Å². The summed E-state index contributed by atoms with van der Waals surface area (Å²) in [5.41, 5.74) is 3.78. The minimum absolute atomic E-state index is 0.155. The largest absolute Gasteiger partial charge is 0.292 e. The quantitative estimate of drug-likeness (QED) is 0.835. The summed E-state index contributed by atoms with van der Waals surface area (Å²) in [4.78, 5) is 25.3. The first-order chi connectivity index (χ1) is 12.6. The minimum atomic E-state index is -0.364. The summed E-state index contributed by atoms with van der Waals surface area (Å²) < 4.78 is 1.40. The zero-order valence-corrected chi connectivity index (χ0v) is 15.5. The van der Waals surface area contributed by atoms with Crippen LogP contribution in [0.1, 0.15) is 62.9 Å². The van der Waals surface area contributed by atoms with Gasteiger partial charge in [-0.25, -0.2) is 10.1 Å². The number of benzene rings is 1. The van der Waals surface area contributed by atoms with Crippen molar-refractivity contribution in [2.75, 3.05) is 0 Å². The van der Waals surface area contributed by atoms with E-state index in [-0.39, 0.29) is 17.2 Å². The average Bonchev–Trinajstić information content (AvgIpc) is 2.66. The molecule has 1 N–H and O–H groups in total. The van der Waals surface area contributed by atoms with Crippen LogP contribution >= 0.6 is 0 Å². The Balaban J connectivity index is 1.92. The predicted molar refractivity (Wildman–Crippen MR) is 103 cm³/mol. The zero-order valence-electron chi connectivity index (χ0n) is 15.5. The molecule has 2 aromatic rings. The van der Waals surface area contributed by atoms with Gasteiger partial charge in [0.05, 0.1) is 5.39 Å². The molecule has 0 spiro atoms. The van der Waals surface area contributed by atoms with Crippen molar-refractivity contribution in [2.45, 2.75) is 58.9 Å². The van der Waals surface area contributed by atoms with Crippen LogP contribution in [0.15, 0.2) is 34.2 Å². The zero-order chi connectivity index (χ0) is 18.5. The van der Waals surface area contributed by atoms with E-state index in [1.54, 1.807) is 18.2 Å². The summed E-state index contributed by atoms with van der Waals surface area (Å²) in [6.45, 7) is 4.77. The molecule has 1 aromatic carbocycles. The van der Waals surface area contributed by atoms with E-state index >= 15 is 0 Å². The molecule has 3 rings (SSSR count). The molecule has 1 aliphatic carbocycles. The minimum Gasteiger partial charge on any atom is -0.267 e. The third kappa shape index (κ3) is 4.00. The van der Waals surface area contributed by atoms with Crippen LogP contribution in [0.5, 0.6) is 0 Å². The van der Waals surface area contributed by atoms with Gasteiger partial charge in [-0.05, 0) is 44.1 Å². The van der Waals surface area contributed by atoms with E-state index in [0.29, 0.717) is 23.2 Å². The van der Waals surface area contributed by atoms with Crippen molar-refractivity contribution < 1.29 is 4.79 Å². The number of hydrogen-bond donors (Lipinski definition) is 1. The number of aromatic nitrogens is 2. The highest BCUT2D eigenvalue weighted by Crippen LogP contribution is 2.21. The number of nitrogens with zero attached hydrogens (tertiary/aromatic N) is 3. The molecule has 0 unspecified atom stereocenters. The second-order valence-corrected chi connectivity index (χ2v) is 7.10. The molecule has 1 amide bonds. The van der Waals surface area contributed by atoms with Gasteiger partial charge in [-0.3, -0.25) is 9.59 Å². The Morgan fingerprint density at radius 1 is 1.35 bits per heavy atom. The van der Waals surface area contributed by atoms with Gasteiger partial charge in [-0.1, -0.05) is 38.5 Å². The molecule has 138 valence electrons. The molecule has 0 radical (unpaired) electrons. The van der Waals surface area contributed by atoms with Crippen molar-refractivity contribution in [1.29, 1.82) is 0 Å². The first kappa shape index (κ1) is 18.3. The second-order valence-electron chi connectivity index (χ2n) is 7.10. The van der Waals surface area contributed by atoms with Gasteiger partial charge in [0.1, 0.15) is 0 Å². The van der Waals surface area contributed by atoms with E-state index in [1.807, 2.05) is 6.07 Å².